The summed E-state index contributed by atoms with van der Waals surface area (Å²) >= 11 is 0. The summed E-state index contributed by atoms with van der Waals surface area (Å²) < 4.78 is 0. The van der Waals surface area contributed by atoms with Gasteiger partial charge in [-0.2, -0.15) is 0 Å². The molecule has 0 radical (unpaired) electrons. The number of nitro groups is 1. The highest BCUT2D eigenvalue weighted by atomic mass is 16.6. The van der Waals surface area contributed by atoms with E-state index >= 15 is 0 Å². The zero-order valence-electron chi connectivity index (χ0n) is 11.2. The molecule has 1 amide bonds. The maximum absolute atomic E-state index is 12.3. The molecule has 1 aliphatic rings. The molecular formula is C13H17N3O4. The van der Waals surface area contributed by atoms with Crippen LogP contribution in [0.1, 0.15) is 19.8 Å². The molecule has 7 nitrogen and oxygen atoms in total. The number of anilines is 1. The first-order valence-corrected chi connectivity index (χ1v) is 6.42. The zero-order chi connectivity index (χ0) is 14.8. The second-order valence-electron chi connectivity index (χ2n) is 5.22. The molecule has 1 saturated heterocycles. The van der Waals surface area contributed by atoms with E-state index in [2.05, 4.69) is 10.6 Å². The summed E-state index contributed by atoms with van der Waals surface area (Å²) in [6.45, 7) is 3.37. The van der Waals surface area contributed by atoms with Gasteiger partial charge in [0.2, 0.25) is 5.91 Å². The maximum Gasteiger partial charge on any atom is 0.271 e. The molecule has 2 rings (SSSR count). The largest absolute Gasteiger partial charge is 0.506 e. The molecule has 3 N–H and O–H groups in total. The van der Waals surface area contributed by atoms with Crippen molar-refractivity contribution in [3.05, 3.63) is 28.3 Å². The number of non-ortho nitro benzene ring substituents is 1. The lowest BCUT2D eigenvalue weighted by atomic mass is 9.80. The molecule has 1 aromatic carbocycles. The molecule has 0 aliphatic carbocycles. The van der Waals surface area contributed by atoms with Gasteiger partial charge in [-0.1, -0.05) is 6.92 Å². The summed E-state index contributed by atoms with van der Waals surface area (Å²) in [6, 6.07) is 3.56. The predicted molar refractivity (Wildman–Crippen MR) is 73.6 cm³/mol. The number of phenolic OH excluding ortho intramolecular Hbond substituents is 1. The van der Waals surface area contributed by atoms with Crippen LogP contribution in [0.3, 0.4) is 0 Å². The smallest absolute Gasteiger partial charge is 0.271 e. The second-order valence-corrected chi connectivity index (χ2v) is 5.22. The average Bonchev–Trinajstić information content (AvgIpc) is 2.41. The van der Waals surface area contributed by atoms with E-state index in [0.29, 0.717) is 12.8 Å². The monoisotopic (exact) mass is 279 g/mol. The van der Waals surface area contributed by atoms with E-state index in [-0.39, 0.29) is 23.0 Å². The van der Waals surface area contributed by atoms with Gasteiger partial charge in [0.25, 0.3) is 5.69 Å². The van der Waals surface area contributed by atoms with Crippen molar-refractivity contribution in [2.45, 2.75) is 19.8 Å². The Hall–Kier alpha value is -2.15. The lowest BCUT2D eigenvalue weighted by molar-refractivity contribution is -0.384. The minimum atomic E-state index is -0.568. The number of rotatable bonds is 3. The number of nitrogens with zero attached hydrogens (tertiary/aromatic N) is 1. The maximum atomic E-state index is 12.3. The first-order valence-electron chi connectivity index (χ1n) is 6.42. The van der Waals surface area contributed by atoms with E-state index < -0.39 is 10.3 Å². The number of aromatic hydroxyl groups is 1. The number of piperidine rings is 1. The first-order chi connectivity index (χ1) is 9.42. The fourth-order valence-electron chi connectivity index (χ4n) is 2.22. The average molecular weight is 279 g/mol. The van der Waals surface area contributed by atoms with Crippen molar-refractivity contribution in [3.8, 4) is 5.75 Å². The Morgan fingerprint density at radius 1 is 1.45 bits per heavy atom. The molecule has 1 heterocycles. The molecule has 20 heavy (non-hydrogen) atoms. The molecule has 1 aliphatic heterocycles. The third-order valence-corrected chi connectivity index (χ3v) is 3.69. The summed E-state index contributed by atoms with van der Waals surface area (Å²) in [5.74, 6) is -0.406. The molecule has 0 saturated carbocycles. The van der Waals surface area contributed by atoms with Crippen molar-refractivity contribution >= 4 is 17.3 Å². The van der Waals surface area contributed by atoms with E-state index in [1.54, 1.807) is 0 Å². The van der Waals surface area contributed by atoms with Crippen LogP contribution in [0, 0.1) is 15.5 Å². The fourth-order valence-corrected chi connectivity index (χ4v) is 2.22. The number of carbonyl (C=O) groups is 1. The fraction of sp³-hybridized carbons (Fsp3) is 0.462. The van der Waals surface area contributed by atoms with Crippen LogP contribution < -0.4 is 10.6 Å². The molecule has 0 bridgehead atoms. The van der Waals surface area contributed by atoms with Crippen LogP contribution in [0.25, 0.3) is 0 Å². The van der Waals surface area contributed by atoms with E-state index in [4.69, 9.17) is 0 Å². The molecule has 0 atom stereocenters. The normalized spacial score (nSPS) is 17.4. The number of hydrogen-bond donors (Lipinski definition) is 3. The Kier molecular flexibility index (Phi) is 3.89. The lowest BCUT2D eigenvalue weighted by Crippen LogP contribution is -2.42. The predicted octanol–water partition coefficient (Wildman–Crippen LogP) is 1.63. The molecule has 7 heteroatoms. The highest BCUT2D eigenvalue weighted by molar-refractivity contribution is 5.96. The standard InChI is InChI=1S/C13H17N3O4/c1-13(4-6-14-7-5-13)12(18)15-10-8-9(16(19)20)2-3-11(10)17/h2-3,8,14,17H,4-7H2,1H3,(H,15,18). The molecule has 1 fully saturated rings. The van der Waals surface area contributed by atoms with Crippen molar-refractivity contribution in [2.24, 2.45) is 5.41 Å². The molecule has 0 unspecified atom stereocenters. The van der Waals surface area contributed by atoms with Gasteiger partial charge in [-0.05, 0) is 32.0 Å². The Labute approximate surface area is 116 Å². The Morgan fingerprint density at radius 3 is 2.70 bits per heavy atom. The molecule has 108 valence electrons. The van der Waals surface area contributed by atoms with Crippen LogP contribution in [0.5, 0.6) is 5.75 Å². The molecule has 0 aromatic heterocycles. The van der Waals surface area contributed by atoms with Gasteiger partial charge in [-0.25, -0.2) is 0 Å². The van der Waals surface area contributed by atoms with E-state index in [1.165, 1.54) is 12.1 Å². The van der Waals surface area contributed by atoms with Crippen molar-refractivity contribution in [3.63, 3.8) is 0 Å². The van der Waals surface area contributed by atoms with Crippen LogP contribution in [0.4, 0.5) is 11.4 Å². The van der Waals surface area contributed by atoms with Gasteiger partial charge in [0.05, 0.1) is 10.6 Å². The minimum Gasteiger partial charge on any atom is -0.506 e. The Balaban J connectivity index is 2.18. The number of hydrogen-bond acceptors (Lipinski definition) is 5. The number of benzene rings is 1. The highest BCUT2D eigenvalue weighted by Crippen LogP contribution is 2.33. The quantitative estimate of drug-likeness (QED) is 0.443. The van der Waals surface area contributed by atoms with Gasteiger partial charge in [-0.3, -0.25) is 14.9 Å². The van der Waals surface area contributed by atoms with Gasteiger partial charge in [0, 0.05) is 17.5 Å². The first kappa shape index (κ1) is 14.3. The van der Waals surface area contributed by atoms with Crippen LogP contribution >= 0.6 is 0 Å². The Morgan fingerprint density at radius 2 is 2.10 bits per heavy atom. The van der Waals surface area contributed by atoms with Crippen molar-refractivity contribution < 1.29 is 14.8 Å². The number of nitrogens with one attached hydrogen (secondary N) is 2. The second kappa shape index (κ2) is 5.46. The summed E-state index contributed by atoms with van der Waals surface area (Å²) in [4.78, 5) is 22.5. The number of phenols is 1. The van der Waals surface area contributed by atoms with Gasteiger partial charge in [0.15, 0.2) is 0 Å². The van der Waals surface area contributed by atoms with Crippen LogP contribution in [0.15, 0.2) is 18.2 Å². The van der Waals surface area contributed by atoms with Gasteiger partial charge < -0.3 is 15.7 Å². The SMILES string of the molecule is CC1(C(=O)Nc2cc([N+](=O)[O-])ccc2O)CCNCC1. The van der Waals surface area contributed by atoms with E-state index in [1.807, 2.05) is 6.92 Å². The minimum absolute atomic E-state index is 0.0731. The molecule has 0 spiro atoms. The van der Waals surface area contributed by atoms with Crippen molar-refractivity contribution in [1.82, 2.24) is 5.32 Å². The van der Waals surface area contributed by atoms with E-state index in [0.717, 1.165) is 19.2 Å². The highest BCUT2D eigenvalue weighted by Gasteiger charge is 2.35. The summed E-state index contributed by atoms with van der Waals surface area (Å²) in [5, 5.41) is 26.2. The number of nitro benzene ring substituents is 1. The summed E-state index contributed by atoms with van der Waals surface area (Å²) in [5.41, 5.74) is -0.625. The molecule has 1 aromatic rings. The van der Waals surface area contributed by atoms with Crippen molar-refractivity contribution in [2.75, 3.05) is 18.4 Å². The molecular weight excluding hydrogens is 262 g/mol. The van der Waals surface area contributed by atoms with Crippen molar-refractivity contribution in [1.29, 1.82) is 0 Å². The van der Waals surface area contributed by atoms with Gasteiger partial charge in [-0.15, -0.1) is 0 Å². The lowest BCUT2D eigenvalue weighted by Gasteiger charge is -2.32. The number of amides is 1. The third kappa shape index (κ3) is 2.88. The Bertz CT molecular complexity index is 538. The van der Waals surface area contributed by atoms with Gasteiger partial charge >= 0.3 is 0 Å². The van der Waals surface area contributed by atoms with Crippen LogP contribution in [-0.2, 0) is 4.79 Å². The summed E-state index contributed by atoms with van der Waals surface area (Å²) in [6.07, 6.45) is 1.38. The zero-order valence-corrected chi connectivity index (χ0v) is 11.2. The van der Waals surface area contributed by atoms with Gasteiger partial charge in [0.1, 0.15) is 5.75 Å². The topological polar surface area (TPSA) is 104 Å². The van der Waals surface area contributed by atoms with Crippen LogP contribution in [-0.4, -0.2) is 29.0 Å². The van der Waals surface area contributed by atoms with E-state index in [9.17, 15) is 20.0 Å². The number of carbonyl (C=O) groups excluding carboxylic acids is 1. The third-order valence-electron chi connectivity index (χ3n) is 3.69. The summed E-state index contributed by atoms with van der Waals surface area (Å²) in [7, 11) is 0. The van der Waals surface area contributed by atoms with Crippen LogP contribution in [0.2, 0.25) is 0 Å².